The predicted octanol–water partition coefficient (Wildman–Crippen LogP) is 3.28. The summed E-state index contributed by atoms with van der Waals surface area (Å²) in [6.07, 6.45) is 3.65. The Hall–Kier alpha value is -3.81. The largest absolute Gasteiger partial charge is 0.496 e. The zero-order valence-electron chi connectivity index (χ0n) is 18.3. The second-order valence-electron chi connectivity index (χ2n) is 7.70. The van der Waals surface area contributed by atoms with Crippen LogP contribution in [0.5, 0.6) is 11.5 Å². The van der Waals surface area contributed by atoms with E-state index in [0.29, 0.717) is 22.7 Å². The molecule has 0 radical (unpaired) electrons. The van der Waals surface area contributed by atoms with Crippen LogP contribution in [0.4, 0.5) is 16.2 Å². The van der Waals surface area contributed by atoms with E-state index in [2.05, 4.69) is 10.2 Å². The van der Waals surface area contributed by atoms with Crippen molar-refractivity contribution in [3.63, 3.8) is 0 Å². The average molecular weight is 435 g/mol. The van der Waals surface area contributed by atoms with E-state index in [4.69, 9.17) is 9.47 Å². The Labute approximate surface area is 186 Å². The van der Waals surface area contributed by atoms with Crippen molar-refractivity contribution in [3.05, 3.63) is 53.1 Å². The van der Waals surface area contributed by atoms with E-state index in [-0.39, 0.29) is 5.57 Å². The first-order valence-corrected chi connectivity index (χ1v) is 10.4. The van der Waals surface area contributed by atoms with E-state index >= 15 is 0 Å². The van der Waals surface area contributed by atoms with Crippen LogP contribution in [0.25, 0.3) is 6.08 Å². The number of urea groups is 1. The van der Waals surface area contributed by atoms with Gasteiger partial charge in [-0.05, 0) is 43.5 Å². The maximum absolute atomic E-state index is 13.2. The van der Waals surface area contributed by atoms with Crippen LogP contribution in [0, 0.1) is 6.92 Å². The molecule has 4 rings (SSSR count). The summed E-state index contributed by atoms with van der Waals surface area (Å²) >= 11 is 0. The van der Waals surface area contributed by atoms with Gasteiger partial charge in [0.1, 0.15) is 17.1 Å². The summed E-state index contributed by atoms with van der Waals surface area (Å²) in [6, 6.07) is 9.82. The molecule has 32 heavy (non-hydrogen) atoms. The molecule has 0 spiro atoms. The SMILES string of the molecule is COc1cc(N2CCCC2)c(OC)cc1/C=C1\C(=O)NC(=O)N(c2ccccc2C)C1=O. The zero-order valence-corrected chi connectivity index (χ0v) is 18.3. The average Bonchev–Trinajstić information content (AvgIpc) is 3.32. The fourth-order valence-electron chi connectivity index (χ4n) is 4.07. The number of amides is 4. The quantitative estimate of drug-likeness (QED) is 0.573. The summed E-state index contributed by atoms with van der Waals surface area (Å²) in [5.41, 5.74) is 2.40. The molecule has 0 unspecified atom stereocenters. The fourth-order valence-corrected chi connectivity index (χ4v) is 4.07. The number of rotatable bonds is 5. The van der Waals surface area contributed by atoms with E-state index in [9.17, 15) is 14.4 Å². The van der Waals surface area contributed by atoms with Crippen LogP contribution >= 0.6 is 0 Å². The van der Waals surface area contributed by atoms with Crippen molar-refractivity contribution in [2.24, 2.45) is 0 Å². The Morgan fingerprint density at radius 3 is 2.28 bits per heavy atom. The molecular formula is C24H25N3O5. The third-order valence-corrected chi connectivity index (χ3v) is 5.74. The molecule has 0 saturated carbocycles. The van der Waals surface area contributed by atoms with Crippen molar-refractivity contribution in [1.82, 2.24) is 5.32 Å². The number of carbonyl (C=O) groups excluding carboxylic acids is 3. The maximum atomic E-state index is 13.2. The van der Waals surface area contributed by atoms with Crippen LogP contribution in [0.2, 0.25) is 0 Å². The van der Waals surface area contributed by atoms with E-state index in [1.165, 1.54) is 13.2 Å². The summed E-state index contributed by atoms with van der Waals surface area (Å²) in [7, 11) is 3.11. The number of benzene rings is 2. The lowest BCUT2D eigenvalue weighted by molar-refractivity contribution is -0.122. The highest BCUT2D eigenvalue weighted by Gasteiger charge is 2.37. The second kappa shape index (κ2) is 8.74. The lowest BCUT2D eigenvalue weighted by atomic mass is 10.0. The van der Waals surface area contributed by atoms with Gasteiger partial charge in [-0.2, -0.15) is 0 Å². The van der Waals surface area contributed by atoms with Gasteiger partial charge in [0.2, 0.25) is 0 Å². The first-order chi connectivity index (χ1) is 15.4. The highest BCUT2D eigenvalue weighted by atomic mass is 16.5. The van der Waals surface area contributed by atoms with Crippen LogP contribution < -0.4 is 24.6 Å². The molecule has 8 heteroatoms. The number of nitrogens with one attached hydrogen (secondary N) is 1. The van der Waals surface area contributed by atoms with Crippen molar-refractivity contribution in [1.29, 1.82) is 0 Å². The van der Waals surface area contributed by atoms with Crippen LogP contribution in [-0.2, 0) is 9.59 Å². The minimum absolute atomic E-state index is 0.165. The number of para-hydroxylation sites is 1. The Morgan fingerprint density at radius 2 is 1.62 bits per heavy atom. The first kappa shape index (κ1) is 21.4. The molecule has 2 saturated heterocycles. The van der Waals surface area contributed by atoms with E-state index in [1.807, 2.05) is 12.1 Å². The van der Waals surface area contributed by atoms with Crippen LogP contribution in [0.1, 0.15) is 24.0 Å². The van der Waals surface area contributed by atoms with Crippen molar-refractivity contribution < 1.29 is 23.9 Å². The molecule has 8 nitrogen and oxygen atoms in total. The van der Waals surface area contributed by atoms with Gasteiger partial charge >= 0.3 is 6.03 Å². The number of hydrogen-bond donors (Lipinski definition) is 1. The molecule has 0 aliphatic carbocycles. The van der Waals surface area contributed by atoms with Gasteiger partial charge in [-0.3, -0.25) is 14.9 Å². The lowest BCUT2D eigenvalue weighted by Crippen LogP contribution is -2.54. The van der Waals surface area contributed by atoms with E-state index < -0.39 is 17.8 Å². The number of ether oxygens (including phenoxy) is 2. The Balaban J connectivity index is 1.78. The molecule has 2 aliphatic heterocycles. The second-order valence-corrected chi connectivity index (χ2v) is 7.70. The smallest absolute Gasteiger partial charge is 0.335 e. The van der Waals surface area contributed by atoms with Crippen molar-refractivity contribution in [3.8, 4) is 11.5 Å². The molecule has 0 atom stereocenters. The zero-order chi connectivity index (χ0) is 22.8. The minimum Gasteiger partial charge on any atom is -0.496 e. The molecule has 2 fully saturated rings. The standard InChI is InChI=1S/C24H25N3O5/c1-15-8-4-5-9-18(15)27-23(29)17(22(28)25-24(27)30)12-16-13-21(32-3)19(14-20(16)31-2)26-10-6-7-11-26/h4-5,8-9,12-14H,6-7,10-11H2,1-3H3,(H,25,28,30)/b17-12+. The molecule has 166 valence electrons. The monoisotopic (exact) mass is 435 g/mol. The van der Waals surface area contributed by atoms with Gasteiger partial charge in [0, 0.05) is 24.7 Å². The number of aryl methyl sites for hydroxylation is 1. The van der Waals surface area contributed by atoms with Crippen molar-refractivity contribution in [2.45, 2.75) is 19.8 Å². The highest BCUT2D eigenvalue weighted by molar-refractivity contribution is 6.39. The molecule has 1 N–H and O–H groups in total. The fraction of sp³-hybridized carbons (Fsp3) is 0.292. The molecule has 2 heterocycles. The summed E-state index contributed by atoms with van der Waals surface area (Å²) in [6.45, 7) is 3.64. The van der Waals surface area contributed by atoms with Crippen LogP contribution in [-0.4, -0.2) is 45.2 Å². The number of hydrogen-bond acceptors (Lipinski definition) is 6. The van der Waals surface area contributed by atoms with Gasteiger partial charge in [0.15, 0.2) is 0 Å². The Kier molecular flexibility index (Phi) is 5.85. The number of methoxy groups -OCH3 is 2. The summed E-state index contributed by atoms with van der Waals surface area (Å²) in [5.74, 6) is -0.331. The first-order valence-electron chi connectivity index (χ1n) is 10.4. The van der Waals surface area contributed by atoms with Gasteiger partial charge in [-0.25, -0.2) is 9.69 Å². The molecular weight excluding hydrogens is 410 g/mol. The van der Waals surface area contributed by atoms with Crippen LogP contribution in [0.15, 0.2) is 42.0 Å². The third kappa shape index (κ3) is 3.79. The number of imide groups is 2. The predicted molar refractivity (Wildman–Crippen MR) is 121 cm³/mol. The van der Waals surface area contributed by atoms with Gasteiger partial charge < -0.3 is 14.4 Å². The van der Waals surface area contributed by atoms with Gasteiger partial charge in [-0.1, -0.05) is 18.2 Å². The summed E-state index contributed by atoms with van der Waals surface area (Å²) < 4.78 is 11.1. The molecule has 0 aromatic heterocycles. The van der Waals surface area contributed by atoms with Gasteiger partial charge in [0.05, 0.1) is 25.6 Å². The van der Waals surface area contributed by atoms with Crippen LogP contribution in [0.3, 0.4) is 0 Å². The van der Waals surface area contributed by atoms with Crippen molar-refractivity contribution in [2.75, 3.05) is 37.1 Å². The molecule has 4 amide bonds. The minimum atomic E-state index is -0.777. The molecule has 2 aromatic carbocycles. The summed E-state index contributed by atoms with van der Waals surface area (Å²) in [4.78, 5) is 41.5. The Morgan fingerprint density at radius 1 is 0.938 bits per heavy atom. The summed E-state index contributed by atoms with van der Waals surface area (Å²) in [5, 5.41) is 2.26. The topological polar surface area (TPSA) is 88.2 Å². The van der Waals surface area contributed by atoms with Gasteiger partial charge in [-0.15, -0.1) is 0 Å². The van der Waals surface area contributed by atoms with Crippen molar-refractivity contribution >= 4 is 35.3 Å². The normalized spacial score (nSPS) is 17.7. The molecule has 2 aromatic rings. The van der Waals surface area contributed by atoms with E-state index in [1.54, 1.807) is 38.3 Å². The number of barbiturate groups is 1. The lowest BCUT2D eigenvalue weighted by Gasteiger charge is -2.27. The van der Waals surface area contributed by atoms with E-state index in [0.717, 1.165) is 42.1 Å². The number of carbonyl (C=O) groups is 3. The molecule has 2 aliphatic rings. The maximum Gasteiger partial charge on any atom is 0.335 e. The molecule has 0 bridgehead atoms. The Bertz CT molecular complexity index is 1120. The number of nitrogens with zero attached hydrogens (tertiary/aromatic N) is 2. The van der Waals surface area contributed by atoms with Gasteiger partial charge in [0.25, 0.3) is 11.8 Å². The number of anilines is 2. The highest BCUT2D eigenvalue weighted by Crippen LogP contribution is 2.38. The third-order valence-electron chi connectivity index (χ3n) is 5.74.